The molecule has 3 aromatic carbocycles. The Morgan fingerprint density at radius 2 is 1.33 bits per heavy atom. The van der Waals surface area contributed by atoms with E-state index >= 15 is 8.78 Å². The topological polar surface area (TPSA) is 114 Å². The number of carbonyl (C=O) groups excluding carboxylic acids is 4. The molecule has 0 bridgehead atoms. The Bertz CT molecular complexity index is 1820. The highest BCUT2D eigenvalue weighted by Gasteiger charge is 2.67. The molecule has 4 amide bonds. The maximum absolute atomic E-state index is 15.5. The first-order valence-corrected chi connectivity index (χ1v) is 16.4. The molecule has 1 saturated carbocycles. The number of rotatable bonds is 6. The number of anilines is 3. The Morgan fingerprint density at radius 3 is 1.88 bits per heavy atom. The van der Waals surface area contributed by atoms with Crippen LogP contribution in [-0.4, -0.2) is 39.5 Å². The normalized spacial score (nSPS) is 16.8. The van der Waals surface area contributed by atoms with Crippen LogP contribution in [0.25, 0.3) is 0 Å². The molecule has 16 heteroatoms. The number of alkyl halides is 2. The van der Waals surface area contributed by atoms with Crippen LogP contribution in [0, 0.1) is 17.6 Å². The largest absolute Gasteiger partial charge is 0.443 e. The second kappa shape index (κ2) is 14.1. The minimum absolute atomic E-state index is 0.0850. The number of nitrogens with one attached hydrogen (secondary N) is 2. The number of amides is 4. The Balaban J connectivity index is 1.55. The third-order valence-electron chi connectivity index (χ3n) is 6.80. The molecule has 0 aromatic heterocycles. The SMILES string of the molecule is CC(C)(C)OC(=O)N(C(=O)OC(C)(C)C)c1cc(F)c(NC(=O)c2cc(NC(=O)[C@H]3[C@H](c4ccc(Cl)c(Cl)c4)C3(Cl)Cl)ccc2Cl)cc1F. The molecule has 0 saturated heterocycles. The zero-order chi connectivity index (χ0) is 36.8. The highest BCUT2D eigenvalue weighted by atomic mass is 35.5. The van der Waals surface area contributed by atoms with Crippen LogP contribution in [0.3, 0.4) is 0 Å². The minimum Gasteiger partial charge on any atom is -0.443 e. The fourth-order valence-corrected chi connectivity index (χ4v) is 5.99. The first-order chi connectivity index (χ1) is 22.5. The van der Waals surface area contributed by atoms with Gasteiger partial charge in [0.2, 0.25) is 5.91 Å². The van der Waals surface area contributed by atoms with E-state index in [2.05, 4.69) is 10.6 Å². The van der Waals surface area contributed by atoms with Gasteiger partial charge >= 0.3 is 12.2 Å². The Labute approximate surface area is 306 Å². The zero-order valence-corrected chi connectivity index (χ0v) is 30.6. The summed E-state index contributed by atoms with van der Waals surface area (Å²) in [6.45, 7) is 9.10. The van der Waals surface area contributed by atoms with Gasteiger partial charge in [0.05, 0.1) is 37.9 Å². The van der Waals surface area contributed by atoms with E-state index in [1.54, 1.807) is 18.2 Å². The molecule has 2 atom stereocenters. The third kappa shape index (κ3) is 9.07. The molecule has 9 nitrogen and oxygen atoms in total. The molecule has 1 fully saturated rings. The molecule has 4 rings (SSSR count). The fourth-order valence-electron chi connectivity index (χ4n) is 4.65. The summed E-state index contributed by atoms with van der Waals surface area (Å²) in [5, 5.41) is 5.33. The van der Waals surface area contributed by atoms with E-state index in [1.807, 2.05) is 0 Å². The molecule has 0 aliphatic heterocycles. The van der Waals surface area contributed by atoms with Gasteiger partial charge in [0, 0.05) is 23.7 Å². The average Bonchev–Trinajstić information content (AvgIpc) is 3.53. The van der Waals surface area contributed by atoms with Gasteiger partial charge in [0.15, 0.2) is 0 Å². The molecular weight excluding hydrogens is 750 g/mol. The molecule has 3 aromatic rings. The number of benzene rings is 3. The van der Waals surface area contributed by atoms with Crippen molar-refractivity contribution in [2.24, 2.45) is 5.92 Å². The highest BCUT2D eigenvalue weighted by molar-refractivity contribution is 6.53. The molecule has 0 spiro atoms. The number of ether oxygens (including phenoxy) is 2. The first kappa shape index (κ1) is 38.5. The molecule has 1 aliphatic carbocycles. The summed E-state index contributed by atoms with van der Waals surface area (Å²) in [4.78, 5) is 52.4. The molecular formula is C33H30Cl5F2N3O6. The summed E-state index contributed by atoms with van der Waals surface area (Å²) in [6.07, 6.45) is -2.64. The fraction of sp³-hybridized carbons (Fsp3) is 0.333. The average molecular weight is 780 g/mol. The quantitative estimate of drug-likeness (QED) is 0.241. The monoisotopic (exact) mass is 777 g/mol. The molecule has 1 aliphatic rings. The van der Waals surface area contributed by atoms with Crippen molar-refractivity contribution in [3.05, 3.63) is 86.4 Å². The van der Waals surface area contributed by atoms with E-state index in [-0.39, 0.29) is 26.2 Å². The van der Waals surface area contributed by atoms with Crippen molar-refractivity contribution in [3.8, 4) is 0 Å². The van der Waals surface area contributed by atoms with E-state index in [0.717, 1.165) is 0 Å². The third-order valence-corrected chi connectivity index (χ3v) is 8.80. The van der Waals surface area contributed by atoms with Crippen molar-refractivity contribution in [2.45, 2.75) is 63.0 Å². The van der Waals surface area contributed by atoms with E-state index in [4.69, 9.17) is 67.5 Å². The van der Waals surface area contributed by atoms with E-state index < -0.39 is 74.4 Å². The summed E-state index contributed by atoms with van der Waals surface area (Å²) in [6, 6.07) is 9.80. The number of nitrogens with zero attached hydrogens (tertiary/aromatic N) is 1. The second-order valence-corrected chi connectivity index (χ2v) is 15.7. The highest BCUT2D eigenvalue weighted by Crippen LogP contribution is 2.65. The maximum Gasteiger partial charge on any atom is 0.424 e. The zero-order valence-electron chi connectivity index (χ0n) is 26.8. The Kier molecular flexibility index (Phi) is 11.1. The van der Waals surface area contributed by atoms with Gasteiger partial charge in [-0.3, -0.25) is 9.59 Å². The van der Waals surface area contributed by atoms with Crippen LogP contribution < -0.4 is 15.5 Å². The van der Waals surface area contributed by atoms with Crippen LogP contribution in [0.4, 0.5) is 35.4 Å². The number of hydrogen-bond donors (Lipinski definition) is 2. The summed E-state index contributed by atoms with van der Waals surface area (Å²) in [5.74, 6) is -5.54. The van der Waals surface area contributed by atoms with E-state index in [9.17, 15) is 19.2 Å². The van der Waals surface area contributed by atoms with Gasteiger partial charge in [-0.15, -0.1) is 23.2 Å². The lowest BCUT2D eigenvalue weighted by molar-refractivity contribution is -0.117. The van der Waals surface area contributed by atoms with Crippen molar-refractivity contribution in [3.63, 3.8) is 0 Å². The first-order valence-electron chi connectivity index (χ1n) is 14.5. The number of halogens is 7. The van der Waals surface area contributed by atoms with Gasteiger partial charge in [0.1, 0.15) is 27.2 Å². The van der Waals surface area contributed by atoms with Crippen molar-refractivity contribution < 1.29 is 37.4 Å². The van der Waals surface area contributed by atoms with E-state index in [0.29, 0.717) is 22.7 Å². The van der Waals surface area contributed by atoms with Gasteiger partial charge in [0.25, 0.3) is 5.91 Å². The second-order valence-electron chi connectivity index (χ2n) is 13.0. The minimum atomic E-state index is -1.45. The van der Waals surface area contributed by atoms with Crippen molar-refractivity contribution in [1.29, 1.82) is 0 Å². The number of imide groups is 1. The van der Waals surface area contributed by atoms with Crippen LogP contribution >= 0.6 is 58.0 Å². The summed E-state index contributed by atoms with van der Waals surface area (Å²) < 4.78 is 39.8. The maximum atomic E-state index is 15.5. The summed E-state index contributed by atoms with van der Waals surface area (Å²) in [7, 11) is 0. The molecule has 262 valence electrons. The van der Waals surface area contributed by atoms with Gasteiger partial charge in [-0.2, -0.15) is 4.90 Å². The van der Waals surface area contributed by atoms with Crippen LogP contribution in [0.1, 0.15) is 63.4 Å². The van der Waals surface area contributed by atoms with Crippen LogP contribution in [-0.2, 0) is 14.3 Å². The lowest BCUT2D eigenvalue weighted by Crippen LogP contribution is -2.44. The van der Waals surface area contributed by atoms with Crippen molar-refractivity contribution >= 4 is 99.1 Å². The number of hydrogen-bond acceptors (Lipinski definition) is 6. The van der Waals surface area contributed by atoms with Gasteiger partial charge in [-0.05, 0) is 77.4 Å². The standard InChI is InChI=1S/C33H30Cl5F2N3O6/c1-31(2,3)48-29(46)43(30(47)49-32(4,5)6)24-14-21(39)23(13-22(24)40)42-27(44)17-12-16(8-10-18(17)34)41-28(45)26-25(33(26,37)38)15-7-9-19(35)20(36)11-15/h7-14,25-26H,1-6H3,(H,41,45)(H,42,44)/t25-,26+/m0/s1. The van der Waals surface area contributed by atoms with Gasteiger partial charge < -0.3 is 20.1 Å². The van der Waals surface area contributed by atoms with Crippen LogP contribution in [0.5, 0.6) is 0 Å². The van der Waals surface area contributed by atoms with Crippen molar-refractivity contribution in [2.75, 3.05) is 15.5 Å². The van der Waals surface area contributed by atoms with E-state index in [1.165, 1.54) is 59.7 Å². The molecule has 0 unspecified atom stereocenters. The van der Waals surface area contributed by atoms with Gasteiger partial charge in [-0.1, -0.05) is 40.9 Å². The van der Waals surface area contributed by atoms with Gasteiger partial charge in [-0.25, -0.2) is 18.4 Å². The van der Waals surface area contributed by atoms with Crippen LogP contribution in [0.15, 0.2) is 48.5 Å². The number of carbonyl (C=O) groups is 4. The lowest BCUT2D eigenvalue weighted by atomic mass is 10.1. The molecule has 2 N–H and O–H groups in total. The predicted molar refractivity (Wildman–Crippen MR) is 186 cm³/mol. The Hall–Kier alpha value is -3.35. The molecule has 49 heavy (non-hydrogen) atoms. The van der Waals surface area contributed by atoms with Crippen molar-refractivity contribution in [1.82, 2.24) is 0 Å². The summed E-state index contributed by atoms with van der Waals surface area (Å²) >= 11 is 31.2. The smallest absolute Gasteiger partial charge is 0.424 e. The summed E-state index contributed by atoms with van der Waals surface area (Å²) in [5.41, 5.74) is -3.18. The lowest BCUT2D eigenvalue weighted by Gasteiger charge is -2.29. The van der Waals surface area contributed by atoms with Crippen LogP contribution in [0.2, 0.25) is 15.1 Å². The predicted octanol–water partition coefficient (Wildman–Crippen LogP) is 10.4. The Morgan fingerprint density at radius 1 is 0.755 bits per heavy atom. The molecule has 0 radical (unpaired) electrons. The molecule has 0 heterocycles.